The molecule has 0 aliphatic heterocycles. The largest absolute Gasteiger partial charge is 0.465 e. The number of esters is 1. The molecule has 3 rings (SSSR count). The Morgan fingerprint density at radius 2 is 2.30 bits per heavy atom. The summed E-state index contributed by atoms with van der Waals surface area (Å²) in [4.78, 5) is 12.6. The average Bonchev–Trinajstić information content (AvgIpc) is 3.30. The van der Waals surface area contributed by atoms with E-state index in [1.807, 2.05) is 17.8 Å². The van der Waals surface area contributed by atoms with E-state index in [1.165, 1.54) is 0 Å². The fourth-order valence-electron chi connectivity index (χ4n) is 2.69. The fourth-order valence-corrected chi connectivity index (χ4v) is 3.02. The molecule has 2 fully saturated rings. The second-order valence-electron chi connectivity index (χ2n) is 5.74. The molecule has 1 aromatic rings. The number of carbonyl (C=O) groups excluding carboxylic acids is 1. The lowest BCUT2D eigenvalue weighted by Gasteiger charge is -2.33. The zero-order valence-electron chi connectivity index (χ0n) is 11.6. The van der Waals surface area contributed by atoms with E-state index < -0.39 is 5.54 Å². The normalized spacial score (nSPS) is 21.5. The number of hydrogen-bond donors (Lipinski definition) is 1. The second-order valence-corrected chi connectivity index (χ2v) is 6.66. The molecule has 1 aromatic heterocycles. The van der Waals surface area contributed by atoms with Gasteiger partial charge in [-0.1, -0.05) is 0 Å². The van der Waals surface area contributed by atoms with E-state index in [-0.39, 0.29) is 5.97 Å². The Morgan fingerprint density at radius 3 is 2.80 bits per heavy atom. The van der Waals surface area contributed by atoms with Crippen LogP contribution in [0.3, 0.4) is 0 Å². The summed E-state index contributed by atoms with van der Waals surface area (Å²) in [6.07, 6.45) is 8.13. The number of rotatable bonds is 7. The second kappa shape index (κ2) is 5.48. The summed E-state index contributed by atoms with van der Waals surface area (Å²) in [5.74, 6) is 0.242. The van der Waals surface area contributed by atoms with Crippen molar-refractivity contribution in [3.8, 4) is 0 Å². The van der Waals surface area contributed by atoms with E-state index in [0.717, 1.165) is 30.2 Å². The first-order valence-corrected chi connectivity index (χ1v) is 8.06. The van der Waals surface area contributed by atoms with E-state index in [1.54, 1.807) is 6.20 Å². The number of carbonyl (C=O) groups is 1. The molecule has 5 nitrogen and oxygen atoms in total. The monoisotopic (exact) mass is 341 g/mol. The molecule has 2 saturated carbocycles. The van der Waals surface area contributed by atoms with E-state index in [4.69, 9.17) is 4.74 Å². The van der Waals surface area contributed by atoms with Gasteiger partial charge in [-0.05, 0) is 54.5 Å². The van der Waals surface area contributed by atoms with Gasteiger partial charge in [-0.15, -0.1) is 0 Å². The van der Waals surface area contributed by atoms with Crippen molar-refractivity contribution in [1.29, 1.82) is 0 Å². The Balaban J connectivity index is 1.85. The number of aromatic nitrogens is 2. The quantitative estimate of drug-likeness (QED) is 0.771. The van der Waals surface area contributed by atoms with Gasteiger partial charge in [-0.2, -0.15) is 5.10 Å². The molecular weight excluding hydrogens is 322 g/mol. The van der Waals surface area contributed by atoms with Crippen LogP contribution in [0, 0.1) is 5.92 Å². The number of ether oxygens (including phenoxy) is 1. The molecule has 0 saturated heterocycles. The summed E-state index contributed by atoms with van der Waals surface area (Å²) in [6.45, 7) is 2.82. The average molecular weight is 342 g/mol. The van der Waals surface area contributed by atoms with Crippen molar-refractivity contribution in [2.45, 2.75) is 50.7 Å². The summed E-state index contributed by atoms with van der Waals surface area (Å²) in [6, 6.07) is 0.457. The van der Waals surface area contributed by atoms with Crippen LogP contribution in [0.5, 0.6) is 0 Å². The van der Waals surface area contributed by atoms with E-state index in [2.05, 4.69) is 26.3 Å². The van der Waals surface area contributed by atoms with Crippen LogP contribution < -0.4 is 5.32 Å². The van der Waals surface area contributed by atoms with Crippen molar-refractivity contribution in [3.63, 3.8) is 0 Å². The SMILES string of the molecule is CCOC(=O)C(Cn1cc(Br)cn1)(NC1CC1)C1CC1. The zero-order chi connectivity index (χ0) is 14.2. The molecule has 1 heterocycles. The lowest BCUT2D eigenvalue weighted by atomic mass is 9.92. The van der Waals surface area contributed by atoms with Crippen LogP contribution in [-0.4, -0.2) is 33.9 Å². The van der Waals surface area contributed by atoms with Crippen LogP contribution in [0.1, 0.15) is 32.6 Å². The van der Waals surface area contributed by atoms with Crippen molar-refractivity contribution < 1.29 is 9.53 Å². The molecule has 0 radical (unpaired) electrons. The van der Waals surface area contributed by atoms with Crippen LogP contribution in [0.4, 0.5) is 0 Å². The predicted octanol–water partition coefficient (Wildman–Crippen LogP) is 2.11. The summed E-state index contributed by atoms with van der Waals surface area (Å²) >= 11 is 3.40. The van der Waals surface area contributed by atoms with Crippen LogP contribution in [0.2, 0.25) is 0 Å². The smallest absolute Gasteiger partial charge is 0.328 e. The van der Waals surface area contributed by atoms with Crippen LogP contribution in [-0.2, 0) is 16.1 Å². The fraction of sp³-hybridized carbons (Fsp3) is 0.714. The van der Waals surface area contributed by atoms with Crippen molar-refractivity contribution in [2.75, 3.05) is 6.61 Å². The summed E-state index contributed by atoms with van der Waals surface area (Å²) < 4.78 is 8.12. The molecule has 110 valence electrons. The van der Waals surface area contributed by atoms with Gasteiger partial charge in [0.2, 0.25) is 0 Å². The van der Waals surface area contributed by atoms with Gasteiger partial charge in [0.1, 0.15) is 5.54 Å². The summed E-state index contributed by atoms with van der Waals surface area (Å²) in [5, 5.41) is 7.86. The molecule has 0 spiro atoms. The zero-order valence-corrected chi connectivity index (χ0v) is 13.2. The van der Waals surface area contributed by atoms with E-state index >= 15 is 0 Å². The Morgan fingerprint density at radius 1 is 1.55 bits per heavy atom. The molecule has 20 heavy (non-hydrogen) atoms. The molecule has 1 N–H and O–H groups in total. The van der Waals surface area contributed by atoms with Crippen molar-refractivity contribution in [1.82, 2.24) is 15.1 Å². The van der Waals surface area contributed by atoms with Gasteiger partial charge in [-0.25, -0.2) is 4.79 Å². The number of hydrogen-bond acceptors (Lipinski definition) is 4. The third-order valence-electron chi connectivity index (χ3n) is 3.97. The first-order valence-electron chi connectivity index (χ1n) is 7.27. The highest BCUT2D eigenvalue weighted by molar-refractivity contribution is 9.10. The van der Waals surface area contributed by atoms with Crippen LogP contribution >= 0.6 is 15.9 Å². The standard InChI is InChI=1S/C14H20BrN3O2/c1-2-20-13(19)14(10-3-4-10,17-12-5-6-12)9-18-8-11(15)7-16-18/h7-8,10,12,17H,2-6,9H2,1H3. The third kappa shape index (κ3) is 2.91. The Kier molecular flexibility index (Phi) is 3.86. The molecule has 1 unspecified atom stereocenters. The minimum Gasteiger partial charge on any atom is -0.465 e. The predicted molar refractivity (Wildman–Crippen MR) is 78.2 cm³/mol. The first-order chi connectivity index (χ1) is 9.64. The van der Waals surface area contributed by atoms with Gasteiger partial charge < -0.3 is 4.74 Å². The maximum absolute atomic E-state index is 12.6. The van der Waals surface area contributed by atoms with Gasteiger partial charge >= 0.3 is 5.97 Å². The Hall–Kier alpha value is -0.880. The maximum atomic E-state index is 12.6. The molecule has 0 amide bonds. The van der Waals surface area contributed by atoms with Gasteiger partial charge in [0, 0.05) is 12.2 Å². The number of nitrogens with zero attached hydrogens (tertiary/aromatic N) is 2. The van der Waals surface area contributed by atoms with E-state index in [9.17, 15) is 4.79 Å². The Labute approximate surface area is 127 Å². The van der Waals surface area contributed by atoms with Crippen LogP contribution in [0.15, 0.2) is 16.9 Å². The molecule has 2 aliphatic carbocycles. The molecule has 2 aliphatic rings. The van der Waals surface area contributed by atoms with E-state index in [0.29, 0.717) is 25.1 Å². The van der Waals surface area contributed by atoms with Crippen molar-refractivity contribution >= 4 is 21.9 Å². The summed E-state index contributed by atoms with van der Waals surface area (Å²) in [5.41, 5.74) is -0.608. The lowest BCUT2D eigenvalue weighted by Crippen LogP contribution is -2.58. The van der Waals surface area contributed by atoms with Crippen molar-refractivity contribution in [3.05, 3.63) is 16.9 Å². The highest BCUT2D eigenvalue weighted by Crippen LogP contribution is 2.43. The molecule has 6 heteroatoms. The van der Waals surface area contributed by atoms with Gasteiger partial charge in [0.15, 0.2) is 0 Å². The minimum atomic E-state index is -0.608. The lowest BCUT2D eigenvalue weighted by molar-refractivity contribution is -0.153. The topological polar surface area (TPSA) is 56.2 Å². The molecular formula is C14H20BrN3O2. The molecule has 1 atom stereocenters. The Bertz CT molecular complexity index is 496. The molecule has 0 bridgehead atoms. The highest BCUT2D eigenvalue weighted by atomic mass is 79.9. The number of nitrogens with one attached hydrogen (secondary N) is 1. The third-order valence-corrected chi connectivity index (χ3v) is 4.38. The maximum Gasteiger partial charge on any atom is 0.328 e. The minimum absolute atomic E-state index is 0.124. The first kappa shape index (κ1) is 14.1. The van der Waals surface area contributed by atoms with Crippen LogP contribution in [0.25, 0.3) is 0 Å². The summed E-state index contributed by atoms with van der Waals surface area (Å²) in [7, 11) is 0. The van der Waals surface area contributed by atoms with Gasteiger partial charge in [0.05, 0.1) is 23.8 Å². The number of halogens is 1. The van der Waals surface area contributed by atoms with Gasteiger partial charge in [-0.3, -0.25) is 10.00 Å². The van der Waals surface area contributed by atoms with Gasteiger partial charge in [0.25, 0.3) is 0 Å². The molecule has 0 aromatic carbocycles. The van der Waals surface area contributed by atoms with Crippen molar-refractivity contribution in [2.24, 2.45) is 5.92 Å². The highest BCUT2D eigenvalue weighted by Gasteiger charge is 2.54.